The smallest absolute Gasteiger partial charge is 0.0458 e. The van der Waals surface area contributed by atoms with Gasteiger partial charge in [0.2, 0.25) is 0 Å². The molecule has 0 aliphatic carbocycles. The third-order valence-electron chi connectivity index (χ3n) is 9.19. The van der Waals surface area contributed by atoms with Gasteiger partial charge < -0.3 is 4.90 Å². The Kier molecular flexibility index (Phi) is 10.3. The molecule has 7 aromatic rings. The van der Waals surface area contributed by atoms with E-state index in [1.54, 1.807) is 0 Å². The maximum Gasteiger partial charge on any atom is 0.0458 e. The van der Waals surface area contributed by atoms with E-state index in [0.29, 0.717) is 0 Å². The summed E-state index contributed by atoms with van der Waals surface area (Å²) in [5.74, 6) is 0. The predicted octanol–water partition coefficient (Wildman–Crippen LogP) is 14.1. The van der Waals surface area contributed by atoms with Gasteiger partial charge in [0.25, 0.3) is 0 Å². The Bertz CT molecular complexity index is 2260. The van der Waals surface area contributed by atoms with Gasteiger partial charge in [-0.15, -0.1) is 0 Å². The second-order valence-corrected chi connectivity index (χ2v) is 12.6. The molecule has 0 aliphatic heterocycles. The van der Waals surface area contributed by atoms with E-state index >= 15 is 0 Å². The van der Waals surface area contributed by atoms with Crippen molar-refractivity contribution in [3.8, 4) is 44.5 Å². The van der Waals surface area contributed by atoms with Crippen molar-refractivity contribution in [2.24, 2.45) is 0 Å². The molecule has 7 rings (SSSR count). The molecule has 0 saturated carbocycles. The minimum atomic E-state index is 1.11. The SMILES string of the molecule is C\C=C/C(=C\C=C(/C)N(c1ccccc1)c1ccc(-c2ccc(-c3ccccc3)cc2)cc1)c1ccc(-c2ccccc2)c(-c2ccccc2)c1. The topological polar surface area (TPSA) is 3.24 Å². The van der Waals surface area contributed by atoms with Gasteiger partial charge in [-0.05, 0) is 106 Å². The number of hydrogen-bond acceptors (Lipinski definition) is 1. The first-order valence-electron chi connectivity index (χ1n) is 17.6. The van der Waals surface area contributed by atoms with E-state index in [1.807, 2.05) is 0 Å². The van der Waals surface area contributed by atoms with Crippen molar-refractivity contribution in [1.82, 2.24) is 0 Å². The molecule has 0 heterocycles. The van der Waals surface area contributed by atoms with Crippen LogP contribution in [0.4, 0.5) is 11.4 Å². The number of allylic oxidation sites excluding steroid dienone is 6. The van der Waals surface area contributed by atoms with Crippen molar-refractivity contribution in [3.05, 3.63) is 224 Å². The molecule has 0 atom stereocenters. The average molecular weight is 656 g/mol. The molecule has 0 amide bonds. The molecule has 0 aromatic heterocycles. The first-order valence-corrected chi connectivity index (χ1v) is 17.6. The zero-order valence-electron chi connectivity index (χ0n) is 29.2. The summed E-state index contributed by atoms with van der Waals surface area (Å²) in [4.78, 5) is 2.32. The van der Waals surface area contributed by atoms with Crippen LogP contribution in [-0.4, -0.2) is 0 Å². The number of rotatable bonds is 10. The molecule has 0 aliphatic rings. The highest BCUT2D eigenvalue weighted by Crippen LogP contribution is 2.36. The molecule has 51 heavy (non-hydrogen) atoms. The molecule has 246 valence electrons. The quantitative estimate of drug-likeness (QED) is 0.133. The van der Waals surface area contributed by atoms with Crippen molar-refractivity contribution in [1.29, 1.82) is 0 Å². The lowest BCUT2D eigenvalue weighted by atomic mass is 9.91. The minimum absolute atomic E-state index is 1.11. The van der Waals surface area contributed by atoms with Gasteiger partial charge in [0.1, 0.15) is 0 Å². The minimum Gasteiger partial charge on any atom is -0.315 e. The number of anilines is 2. The van der Waals surface area contributed by atoms with Crippen LogP contribution in [0.3, 0.4) is 0 Å². The normalized spacial score (nSPS) is 11.9. The molecule has 1 heteroatoms. The fraction of sp³-hybridized carbons (Fsp3) is 0.0400. The largest absolute Gasteiger partial charge is 0.315 e. The van der Waals surface area contributed by atoms with E-state index in [9.17, 15) is 0 Å². The van der Waals surface area contributed by atoms with E-state index in [1.165, 1.54) is 50.1 Å². The fourth-order valence-electron chi connectivity index (χ4n) is 6.58. The summed E-state index contributed by atoms with van der Waals surface area (Å²) in [7, 11) is 0. The van der Waals surface area contributed by atoms with Gasteiger partial charge >= 0.3 is 0 Å². The van der Waals surface area contributed by atoms with Gasteiger partial charge in [-0.3, -0.25) is 0 Å². The molecule has 1 nitrogen and oxygen atoms in total. The second kappa shape index (κ2) is 15.8. The summed E-state index contributed by atoms with van der Waals surface area (Å²) in [5.41, 5.74) is 15.4. The monoisotopic (exact) mass is 655 g/mol. The molecule has 7 aromatic carbocycles. The molecule has 0 spiro atoms. The third-order valence-corrected chi connectivity index (χ3v) is 9.19. The highest BCUT2D eigenvalue weighted by atomic mass is 15.1. The molecular formula is C50H41N. The van der Waals surface area contributed by atoms with Gasteiger partial charge in [0, 0.05) is 17.1 Å². The van der Waals surface area contributed by atoms with Crippen LogP contribution >= 0.6 is 0 Å². The van der Waals surface area contributed by atoms with Crippen LogP contribution in [-0.2, 0) is 0 Å². The summed E-state index contributed by atoms with van der Waals surface area (Å²) < 4.78 is 0. The fourth-order valence-corrected chi connectivity index (χ4v) is 6.58. The van der Waals surface area contributed by atoms with E-state index in [2.05, 4.69) is 231 Å². The Hall–Kier alpha value is -6.44. The number of benzene rings is 7. The highest BCUT2D eigenvalue weighted by molar-refractivity contribution is 5.88. The van der Waals surface area contributed by atoms with Gasteiger partial charge in [-0.2, -0.15) is 0 Å². The lowest BCUT2D eigenvalue weighted by molar-refractivity contribution is 1.16. The Morgan fingerprint density at radius 3 is 1.37 bits per heavy atom. The lowest BCUT2D eigenvalue weighted by Crippen LogP contribution is -2.14. The van der Waals surface area contributed by atoms with Crippen LogP contribution < -0.4 is 4.90 Å². The van der Waals surface area contributed by atoms with Crippen LogP contribution in [0.15, 0.2) is 218 Å². The number of para-hydroxylation sites is 1. The molecule has 0 bridgehead atoms. The van der Waals surface area contributed by atoms with E-state index in [4.69, 9.17) is 0 Å². The summed E-state index contributed by atoms with van der Waals surface area (Å²) in [6.45, 7) is 4.26. The van der Waals surface area contributed by atoms with Crippen molar-refractivity contribution >= 4 is 16.9 Å². The Labute approximate surface area is 302 Å². The molecule has 0 N–H and O–H groups in total. The maximum absolute atomic E-state index is 2.33. The van der Waals surface area contributed by atoms with Crippen molar-refractivity contribution in [3.63, 3.8) is 0 Å². The Morgan fingerprint density at radius 1 is 0.412 bits per heavy atom. The molecule has 0 unspecified atom stereocenters. The average Bonchev–Trinajstić information content (AvgIpc) is 3.21. The van der Waals surface area contributed by atoms with E-state index < -0.39 is 0 Å². The van der Waals surface area contributed by atoms with Crippen molar-refractivity contribution in [2.45, 2.75) is 13.8 Å². The lowest BCUT2D eigenvalue weighted by Gasteiger charge is -2.26. The van der Waals surface area contributed by atoms with Gasteiger partial charge in [0.05, 0.1) is 0 Å². The Morgan fingerprint density at radius 2 is 0.843 bits per heavy atom. The summed E-state index contributed by atoms with van der Waals surface area (Å²) in [6, 6.07) is 66.9. The molecule has 0 fully saturated rings. The maximum atomic E-state index is 2.33. The second-order valence-electron chi connectivity index (χ2n) is 12.6. The first kappa shape index (κ1) is 33.1. The first-order chi connectivity index (χ1) is 25.2. The number of hydrogen-bond donors (Lipinski definition) is 0. The Balaban J connectivity index is 1.22. The summed E-state index contributed by atoms with van der Waals surface area (Å²) in [6.07, 6.45) is 8.77. The van der Waals surface area contributed by atoms with Crippen LogP contribution in [0.1, 0.15) is 19.4 Å². The van der Waals surface area contributed by atoms with Crippen LogP contribution in [0.2, 0.25) is 0 Å². The molecule has 0 radical (unpaired) electrons. The molecular weight excluding hydrogens is 615 g/mol. The van der Waals surface area contributed by atoms with Crippen LogP contribution in [0.5, 0.6) is 0 Å². The standard InChI is InChI=1S/C50H41N/c1-3-16-39(46-33-36-49(44-19-10-5-11-20-44)50(37-46)45-21-12-6-13-22-45)26-25-38(2)51(47-23-14-7-15-24-47)48-34-31-43(32-35-48)42-29-27-41(28-30-42)40-17-8-4-9-18-40/h3-37H,1-2H3/b16-3-,38-25+,39-26+. The van der Waals surface area contributed by atoms with E-state index in [0.717, 1.165) is 22.6 Å². The van der Waals surface area contributed by atoms with Crippen molar-refractivity contribution in [2.75, 3.05) is 4.90 Å². The van der Waals surface area contributed by atoms with E-state index in [-0.39, 0.29) is 0 Å². The zero-order valence-corrected chi connectivity index (χ0v) is 29.2. The predicted molar refractivity (Wildman–Crippen MR) is 220 cm³/mol. The highest BCUT2D eigenvalue weighted by Gasteiger charge is 2.13. The summed E-state index contributed by atoms with van der Waals surface area (Å²) in [5, 5.41) is 0. The van der Waals surface area contributed by atoms with Crippen LogP contribution in [0.25, 0.3) is 50.1 Å². The van der Waals surface area contributed by atoms with Crippen LogP contribution in [0, 0.1) is 0 Å². The number of nitrogens with zero attached hydrogens (tertiary/aromatic N) is 1. The van der Waals surface area contributed by atoms with Gasteiger partial charge in [0.15, 0.2) is 0 Å². The van der Waals surface area contributed by atoms with Gasteiger partial charge in [-0.1, -0.05) is 176 Å². The van der Waals surface area contributed by atoms with Gasteiger partial charge in [-0.25, -0.2) is 0 Å². The zero-order chi connectivity index (χ0) is 34.8. The third kappa shape index (κ3) is 7.75. The van der Waals surface area contributed by atoms with Crippen molar-refractivity contribution < 1.29 is 0 Å². The molecule has 0 saturated heterocycles. The summed E-state index contributed by atoms with van der Waals surface area (Å²) >= 11 is 0.